The van der Waals surface area contributed by atoms with Crippen molar-refractivity contribution in [1.29, 1.82) is 0 Å². The highest BCUT2D eigenvalue weighted by Crippen LogP contribution is 2.46. The Morgan fingerprint density at radius 2 is 1.72 bits per heavy atom. The molecule has 6 rings (SSSR count). The second-order valence-corrected chi connectivity index (χ2v) is 14.8. The highest BCUT2D eigenvalue weighted by atomic mass is 32.2. The summed E-state index contributed by atoms with van der Waals surface area (Å²) >= 11 is 2.35. The molecule has 0 bridgehead atoms. The summed E-state index contributed by atoms with van der Waals surface area (Å²) < 4.78 is 1.35. The zero-order chi connectivity index (χ0) is 41.0. The Morgan fingerprint density at radius 1 is 1.00 bits per heavy atom. The molecule has 2 aromatic carbocycles. The molecule has 0 unspecified atom stereocenters. The number of aromatic hydroxyl groups is 2. The number of β-lactam (4-membered cyclic amide) rings is 1. The summed E-state index contributed by atoms with van der Waals surface area (Å²) in [5, 5.41) is 35.7. The number of carboxylic acid groups (broad SMARTS) is 1. The van der Waals surface area contributed by atoms with Gasteiger partial charge in [0.25, 0.3) is 5.91 Å². The van der Waals surface area contributed by atoms with Gasteiger partial charge in [-0.3, -0.25) is 38.6 Å². The first-order valence-electron chi connectivity index (χ1n) is 17.2. The second-order valence-electron chi connectivity index (χ2n) is 12.7. The van der Waals surface area contributed by atoms with Crippen molar-refractivity contribution in [3.63, 3.8) is 0 Å². The SMILES string of the molecule is CCN1CCN(C(=O)N[C@@H](C(=O)N[C@]2(NC=O)C(=O)N3C(C(=O)O)=C(CSc4cc[n+](NC(=O)c5ccc(O)c(O)c5)cc4)CS[C@@H]32)c2ccccc2)C(=O)C1=O. The summed E-state index contributed by atoms with van der Waals surface area (Å²) in [5.41, 5.74) is 0.867. The first kappa shape index (κ1) is 40.1. The van der Waals surface area contributed by atoms with Crippen molar-refractivity contribution in [2.45, 2.75) is 28.9 Å². The molecule has 0 radical (unpaired) electrons. The fourth-order valence-corrected chi connectivity index (χ4v) is 8.74. The number of hydrogen-bond acceptors (Lipinski definition) is 12. The molecule has 8 amide bonds. The Morgan fingerprint density at radius 3 is 2.37 bits per heavy atom. The average Bonchev–Trinajstić information content (AvgIpc) is 3.20. The predicted molar refractivity (Wildman–Crippen MR) is 200 cm³/mol. The van der Waals surface area contributed by atoms with Crippen molar-refractivity contribution < 1.29 is 58.4 Å². The van der Waals surface area contributed by atoms with Gasteiger partial charge in [0, 0.05) is 53.7 Å². The smallest absolute Gasteiger partial charge is 0.352 e. The highest BCUT2D eigenvalue weighted by molar-refractivity contribution is 8.01. The van der Waals surface area contributed by atoms with Crippen LogP contribution in [0.15, 0.2) is 89.2 Å². The van der Waals surface area contributed by atoms with Crippen LogP contribution in [0.1, 0.15) is 28.9 Å². The van der Waals surface area contributed by atoms with Gasteiger partial charge >= 0.3 is 29.7 Å². The van der Waals surface area contributed by atoms with Gasteiger partial charge in [-0.05, 0) is 36.3 Å². The van der Waals surface area contributed by atoms with E-state index in [1.165, 1.54) is 58.0 Å². The summed E-state index contributed by atoms with van der Waals surface area (Å²) in [6, 6.07) is 12.2. The van der Waals surface area contributed by atoms with Crippen LogP contribution < -0.4 is 26.1 Å². The number of carbonyl (C=O) groups excluding carboxylic acids is 7. The van der Waals surface area contributed by atoms with Gasteiger partial charge in [0.15, 0.2) is 11.5 Å². The molecule has 7 N–H and O–H groups in total. The molecule has 296 valence electrons. The maximum Gasteiger partial charge on any atom is 0.352 e. The number of aromatic nitrogens is 1. The third-order valence-electron chi connectivity index (χ3n) is 9.24. The number of benzene rings is 2. The third-order valence-corrected chi connectivity index (χ3v) is 11.7. The van der Waals surface area contributed by atoms with Crippen LogP contribution in [0.5, 0.6) is 11.5 Å². The number of nitrogens with one attached hydrogen (secondary N) is 4. The van der Waals surface area contributed by atoms with Crippen molar-refractivity contribution in [2.75, 3.05) is 36.6 Å². The van der Waals surface area contributed by atoms with Gasteiger partial charge in [-0.2, -0.15) is 0 Å². The molecule has 3 atom stereocenters. The number of hydrogen-bond donors (Lipinski definition) is 7. The molecule has 21 heteroatoms. The topological polar surface area (TPSA) is 259 Å². The fourth-order valence-electron chi connectivity index (χ4n) is 6.29. The molecular formula is C36H35N8O11S2+. The van der Waals surface area contributed by atoms with Crippen molar-refractivity contribution >= 4 is 71.5 Å². The van der Waals surface area contributed by atoms with Gasteiger partial charge in [-0.1, -0.05) is 35.0 Å². The summed E-state index contributed by atoms with van der Waals surface area (Å²) in [4.78, 5) is 107. The number of phenols is 2. The van der Waals surface area contributed by atoms with E-state index in [1.807, 2.05) is 0 Å². The number of rotatable bonds is 13. The van der Waals surface area contributed by atoms with Gasteiger partial charge in [0.2, 0.25) is 30.4 Å². The molecular weight excluding hydrogens is 785 g/mol. The summed E-state index contributed by atoms with van der Waals surface area (Å²) in [7, 11) is 0. The molecule has 0 aliphatic carbocycles. The lowest BCUT2D eigenvalue weighted by molar-refractivity contribution is -0.641. The number of carbonyl (C=O) groups is 8. The number of pyridine rings is 1. The largest absolute Gasteiger partial charge is 0.504 e. The molecule has 2 saturated heterocycles. The number of nitrogens with zero attached hydrogens (tertiary/aromatic N) is 4. The first-order chi connectivity index (χ1) is 27.3. The molecule has 3 aliphatic rings. The Labute approximate surface area is 332 Å². The van der Waals surface area contributed by atoms with Crippen molar-refractivity contribution in [3.8, 4) is 11.5 Å². The predicted octanol–water partition coefficient (Wildman–Crippen LogP) is -0.185. The van der Waals surface area contributed by atoms with Crippen LogP contribution in [-0.4, -0.2) is 120 Å². The van der Waals surface area contributed by atoms with Crippen LogP contribution in [0.3, 0.4) is 0 Å². The normalized spacial score (nSPS) is 19.6. The van der Waals surface area contributed by atoms with E-state index in [-0.39, 0.29) is 60.1 Å². The van der Waals surface area contributed by atoms with Crippen LogP contribution in [-0.2, 0) is 28.8 Å². The van der Waals surface area contributed by atoms with Crippen LogP contribution in [0, 0.1) is 0 Å². The highest BCUT2D eigenvalue weighted by Gasteiger charge is 2.66. The van der Waals surface area contributed by atoms with Crippen LogP contribution in [0.2, 0.25) is 0 Å². The molecule has 2 fully saturated rings. The third kappa shape index (κ3) is 7.91. The van der Waals surface area contributed by atoms with Gasteiger partial charge in [0.1, 0.15) is 17.1 Å². The second kappa shape index (κ2) is 16.6. The van der Waals surface area contributed by atoms with Crippen molar-refractivity contribution in [3.05, 3.63) is 95.5 Å². The first-order valence-corrected chi connectivity index (χ1v) is 19.2. The van der Waals surface area contributed by atoms with Gasteiger partial charge in [-0.25, -0.2) is 9.59 Å². The minimum absolute atomic E-state index is 0.0856. The van der Waals surface area contributed by atoms with Crippen LogP contribution >= 0.6 is 23.5 Å². The van der Waals surface area contributed by atoms with E-state index in [1.54, 1.807) is 37.3 Å². The van der Waals surface area contributed by atoms with E-state index >= 15 is 0 Å². The lowest BCUT2D eigenvalue weighted by Crippen LogP contribution is -2.85. The molecule has 57 heavy (non-hydrogen) atoms. The van der Waals surface area contributed by atoms with E-state index in [0.717, 1.165) is 22.7 Å². The minimum atomic E-state index is -2.12. The summed E-state index contributed by atoms with van der Waals surface area (Å²) in [5.74, 6) is -6.46. The quantitative estimate of drug-likeness (QED) is 0.0225. The molecule has 19 nitrogen and oxygen atoms in total. The van der Waals surface area contributed by atoms with Gasteiger partial charge < -0.3 is 36.2 Å². The number of imide groups is 1. The van der Waals surface area contributed by atoms with E-state index in [0.29, 0.717) is 15.4 Å². The Bertz CT molecular complexity index is 2190. The number of aliphatic carboxylic acids is 1. The molecule has 0 spiro atoms. The fraction of sp³-hybridized carbons (Fsp3) is 0.250. The van der Waals surface area contributed by atoms with Crippen molar-refractivity contribution in [2.24, 2.45) is 0 Å². The lowest BCUT2D eigenvalue weighted by atomic mass is 9.94. The maximum absolute atomic E-state index is 14.0. The molecule has 3 aromatic rings. The van der Waals surface area contributed by atoms with E-state index in [9.17, 15) is 53.7 Å². The Balaban J connectivity index is 1.16. The van der Waals surface area contributed by atoms with Crippen LogP contribution in [0.25, 0.3) is 0 Å². The molecule has 0 saturated carbocycles. The number of amides is 8. The van der Waals surface area contributed by atoms with Crippen molar-refractivity contribution in [1.82, 2.24) is 30.7 Å². The molecule has 4 heterocycles. The zero-order valence-corrected chi connectivity index (χ0v) is 31.5. The number of urea groups is 1. The number of carboxylic acids is 1. The summed E-state index contributed by atoms with van der Waals surface area (Å²) in [6.45, 7) is 1.91. The number of thioether (sulfide) groups is 2. The number of phenolic OH excluding ortho intramolecular Hbond substituents is 2. The van der Waals surface area contributed by atoms with Crippen LogP contribution in [0.4, 0.5) is 4.79 Å². The lowest BCUT2D eigenvalue weighted by Gasteiger charge is -2.56. The monoisotopic (exact) mass is 819 g/mol. The van der Waals surface area contributed by atoms with Gasteiger partial charge in [0.05, 0.1) is 0 Å². The average molecular weight is 820 g/mol. The Hall–Kier alpha value is -6.61. The number of fused-ring (bicyclic) bond motifs is 1. The molecule has 3 aliphatic heterocycles. The standard InChI is InChI=1S/C36H34N8O11S2/c1-2-41-14-15-43(31(51)30(41)50)35(55)38-26(20-6-4-3-5-7-20)29(49)39-36(37-19-45)33(54)44-27(32(52)53)22(18-57-34(36)44)17-56-23-10-12-42(13-11-23)40-28(48)21-8-9-24(46)25(47)16-21/h3-13,16,19,26,34H,2,14-15,17-18H2,1H3,(H6-,37,38,39,40,45,46,47,48,49,50,51,52,53,55)/p+1/t26-,34-,36-/m1/s1. The number of piperazine rings is 1. The van der Waals surface area contributed by atoms with E-state index in [4.69, 9.17) is 0 Å². The number of likely N-dealkylation sites (N-methyl/N-ethyl adjacent to an activating group) is 1. The van der Waals surface area contributed by atoms with Gasteiger partial charge in [-0.15, -0.1) is 28.9 Å². The Kier molecular flexibility index (Phi) is 11.7. The maximum atomic E-state index is 14.0. The van der Waals surface area contributed by atoms with E-state index < -0.39 is 64.4 Å². The molecule has 1 aromatic heterocycles. The summed E-state index contributed by atoms with van der Waals surface area (Å²) in [6.07, 6.45) is 3.27. The zero-order valence-electron chi connectivity index (χ0n) is 29.9. The minimum Gasteiger partial charge on any atom is -0.504 e. The van der Waals surface area contributed by atoms with E-state index in [2.05, 4.69) is 21.4 Å².